The summed E-state index contributed by atoms with van der Waals surface area (Å²) >= 11 is 0. The van der Waals surface area contributed by atoms with Gasteiger partial charge in [-0.05, 0) is 45.0 Å². The zero-order valence-electron chi connectivity index (χ0n) is 19.4. The van der Waals surface area contributed by atoms with Crippen molar-refractivity contribution in [2.75, 3.05) is 27.2 Å². The van der Waals surface area contributed by atoms with E-state index >= 15 is 0 Å². The number of carbonyl (C=O) groups excluding carboxylic acids is 2. The molecule has 1 N–H and O–H groups in total. The van der Waals surface area contributed by atoms with E-state index in [0.29, 0.717) is 30.3 Å². The van der Waals surface area contributed by atoms with Gasteiger partial charge >= 0.3 is 0 Å². The standard InChI is InChI=1S/C24H32N4O3/c1-14(2)17-8-10-18(11-9-17)21-20(22(29)19-15(3)25-27(7)16(19)4)23(30)24(31)28(21)13-12-26(5)6/h8-11,14,21,29H,12-13H2,1-7H3/t21-/m0/s1. The molecule has 0 unspecified atom stereocenters. The number of aryl methyl sites for hydroxylation is 2. The number of Topliss-reactive ketones (excluding diaryl/α,β-unsaturated/α-hetero) is 1. The van der Waals surface area contributed by atoms with Gasteiger partial charge in [0.25, 0.3) is 11.7 Å². The number of benzene rings is 1. The summed E-state index contributed by atoms with van der Waals surface area (Å²) in [6.45, 7) is 8.85. The lowest BCUT2D eigenvalue weighted by Gasteiger charge is -2.27. The number of hydrogen-bond acceptors (Lipinski definition) is 5. The predicted octanol–water partition coefficient (Wildman–Crippen LogP) is 3.14. The molecule has 2 heterocycles. The van der Waals surface area contributed by atoms with E-state index in [2.05, 4.69) is 18.9 Å². The molecule has 1 aromatic carbocycles. The minimum Gasteiger partial charge on any atom is -0.507 e. The first kappa shape index (κ1) is 22.7. The quantitative estimate of drug-likeness (QED) is 0.438. The average molecular weight is 425 g/mol. The maximum atomic E-state index is 13.1. The Morgan fingerprint density at radius 3 is 2.26 bits per heavy atom. The maximum Gasteiger partial charge on any atom is 0.295 e. The first-order chi connectivity index (χ1) is 14.5. The Hall–Kier alpha value is -2.93. The lowest BCUT2D eigenvalue weighted by Crippen LogP contribution is -2.35. The number of likely N-dealkylation sites (N-methyl/N-ethyl adjacent to an activating group) is 1. The van der Waals surface area contributed by atoms with E-state index in [4.69, 9.17) is 0 Å². The first-order valence-electron chi connectivity index (χ1n) is 10.6. The van der Waals surface area contributed by atoms with Gasteiger partial charge in [0, 0.05) is 25.8 Å². The number of aromatic nitrogens is 2. The molecule has 31 heavy (non-hydrogen) atoms. The normalized spacial score (nSPS) is 18.6. The highest BCUT2D eigenvalue weighted by Crippen LogP contribution is 2.40. The van der Waals surface area contributed by atoms with Crippen molar-refractivity contribution in [1.29, 1.82) is 0 Å². The Labute approximate surface area is 184 Å². The van der Waals surface area contributed by atoms with Gasteiger partial charge in [0.1, 0.15) is 5.76 Å². The molecule has 0 radical (unpaired) electrons. The lowest BCUT2D eigenvalue weighted by atomic mass is 9.93. The number of likely N-dealkylation sites (tertiary alicyclic amines) is 1. The van der Waals surface area contributed by atoms with Crippen molar-refractivity contribution in [3.05, 3.63) is 57.9 Å². The van der Waals surface area contributed by atoms with Gasteiger partial charge in [-0.1, -0.05) is 38.1 Å². The Morgan fingerprint density at radius 1 is 1.16 bits per heavy atom. The molecule has 1 atom stereocenters. The van der Waals surface area contributed by atoms with Crippen LogP contribution >= 0.6 is 0 Å². The van der Waals surface area contributed by atoms with Crippen molar-refractivity contribution in [3.63, 3.8) is 0 Å². The summed E-state index contributed by atoms with van der Waals surface area (Å²) in [5.74, 6) is -1.03. The summed E-state index contributed by atoms with van der Waals surface area (Å²) in [5.41, 5.74) is 3.97. The smallest absolute Gasteiger partial charge is 0.295 e. The number of ketones is 1. The van der Waals surface area contributed by atoms with E-state index in [1.807, 2.05) is 50.2 Å². The van der Waals surface area contributed by atoms with Crippen molar-refractivity contribution in [3.8, 4) is 0 Å². The second-order valence-electron chi connectivity index (χ2n) is 8.79. The van der Waals surface area contributed by atoms with Crippen molar-refractivity contribution in [2.24, 2.45) is 7.05 Å². The monoisotopic (exact) mass is 424 g/mol. The largest absolute Gasteiger partial charge is 0.507 e. The third kappa shape index (κ3) is 4.14. The van der Waals surface area contributed by atoms with E-state index < -0.39 is 17.7 Å². The average Bonchev–Trinajstić information content (AvgIpc) is 3.11. The van der Waals surface area contributed by atoms with E-state index in [1.165, 1.54) is 5.56 Å². The summed E-state index contributed by atoms with van der Waals surface area (Å²) in [6, 6.07) is 7.30. The van der Waals surface area contributed by atoms with Crippen LogP contribution < -0.4 is 0 Å². The van der Waals surface area contributed by atoms with Crippen molar-refractivity contribution in [1.82, 2.24) is 19.6 Å². The minimum absolute atomic E-state index is 0.125. The molecule has 1 aromatic heterocycles. The molecule has 166 valence electrons. The third-order valence-electron chi connectivity index (χ3n) is 5.99. The third-order valence-corrected chi connectivity index (χ3v) is 5.99. The van der Waals surface area contributed by atoms with Crippen LogP contribution in [0.2, 0.25) is 0 Å². The molecule has 0 bridgehead atoms. The molecular weight excluding hydrogens is 392 g/mol. The van der Waals surface area contributed by atoms with Gasteiger partial charge in [-0.15, -0.1) is 0 Å². The van der Waals surface area contributed by atoms with Crippen LogP contribution in [0.5, 0.6) is 0 Å². The van der Waals surface area contributed by atoms with Gasteiger partial charge < -0.3 is 14.9 Å². The Bertz CT molecular complexity index is 1030. The van der Waals surface area contributed by atoms with Gasteiger partial charge in [-0.3, -0.25) is 14.3 Å². The molecule has 3 rings (SSSR count). The fraction of sp³-hybridized carbons (Fsp3) is 0.458. The summed E-state index contributed by atoms with van der Waals surface area (Å²) < 4.78 is 1.67. The van der Waals surface area contributed by atoms with Crippen LogP contribution in [0.15, 0.2) is 29.8 Å². The van der Waals surface area contributed by atoms with Crippen LogP contribution in [0.25, 0.3) is 5.76 Å². The molecule has 7 nitrogen and oxygen atoms in total. The second kappa shape index (κ2) is 8.67. The minimum atomic E-state index is -0.656. The highest BCUT2D eigenvalue weighted by molar-refractivity contribution is 6.46. The Kier molecular flexibility index (Phi) is 6.36. The highest BCUT2D eigenvalue weighted by Gasteiger charge is 2.46. The number of amides is 1. The molecule has 1 aliphatic rings. The van der Waals surface area contributed by atoms with E-state index in [0.717, 1.165) is 11.3 Å². The van der Waals surface area contributed by atoms with E-state index in [-0.39, 0.29) is 11.3 Å². The second-order valence-corrected chi connectivity index (χ2v) is 8.79. The Balaban J connectivity index is 2.19. The van der Waals surface area contributed by atoms with Crippen molar-refractivity contribution < 1.29 is 14.7 Å². The molecule has 0 spiro atoms. The summed E-state index contributed by atoms with van der Waals surface area (Å²) in [7, 11) is 5.63. The van der Waals surface area contributed by atoms with E-state index in [1.54, 1.807) is 23.6 Å². The molecule has 2 aromatic rings. The van der Waals surface area contributed by atoms with Crippen molar-refractivity contribution >= 4 is 17.4 Å². The lowest BCUT2D eigenvalue weighted by molar-refractivity contribution is -0.140. The zero-order valence-corrected chi connectivity index (χ0v) is 19.4. The van der Waals surface area contributed by atoms with Gasteiger partial charge in [0.15, 0.2) is 0 Å². The number of carbonyl (C=O) groups is 2. The first-order valence-corrected chi connectivity index (χ1v) is 10.6. The number of nitrogens with zero attached hydrogens (tertiary/aromatic N) is 4. The highest BCUT2D eigenvalue weighted by atomic mass is 16.3. The Morgan fingerprint density at radius 2 is 1.77 bits per heavy atom. The fourth-order valence-electron chi connectivity index (χ4n) is 4.08. The van der Waals surface area contributed by atoms with Crippen LogP contribution in [0.4, 0.5) is 0 Å². The zero-order chi connectivity index (χ0) is 23.0. The number of hydrogen-bond donors (Lipinski definition) is 1. The molecule has 1 amide bonds. The van der Waals surface area contributed by atoms with Crippen molar-refractivity contribution in [2.45, 2.75) is 39.7 Å². The number of rotatable bonds is 6. The molecule has 7 heteroatoms. The molecule has 1 saturated heterocycles. The summed E-state index contributed by atoms with van der Waals surface area (Å²) in [5, 5.41) is 15.6. The summed E-state index contributed by atoms with van der Waals surface area (Å²) in [4.78, 5) is 29.6. The van der Waals surface area contributed by atoms with Gasteiger partial charge in [0.05, 0.1) is 22.9 Å². The molecule has 1 aliphatic heterocycles. The molecule has 1 fully saturated rings. The van der Waals surface area contributed by atoms with Gasteiger partial charge in [-0.2, -0.15) is 5.10 Å². The summed E-state index contributed by atoms with van der Waals surface area (Å²) in [6.07, 6.45) is 0. The number of aliphatic hydroxyl groups excluding tert-OH is 1. The maximum absolute atomic E-state index is 13.1. The topological polar surface area (TPSA) is 78.7 Å². The van der Waals surface area contributed by atoms with E-state index in [9.17, 15) is 14.7 Å². The molecular formula is C24H32N4O3. The molecule has 0 saturated carbocycles. The fourth-order valence-corrected chi connectivity index (χ4v) is 4.08. The van der Waals surface area contributed by atoms with Crippen LogP contribution in [0, 0.1) is 13.8 Å². The van der Waals surface area contributed by atoms with Crippen LogP contribution in [-0.4, -0.2) is 63.6 Å². The van der Waals surface area contributed by atoms with Gasteiger partial charge in [0.2, 0.25) is 0 Å². The predicted molar refractivity (Wildman–Crippen MR) is 121 cm³/mol. The van der Waals surface area contributed by atoms with Crippen LogP contribution in [-0.2, 0) is 16.6 Å². The van der Waals surface area contributed by atoms with Gasteiger partial charge in [-0.25, -0.2) is 0 Å². The van der Waals surface area contributed by atoms with Crippen LogP contribution in [0.1, 0.15) is 53.9 Å². The SMILES string of the molecule is Cc1nn(C)c(C)c1C(O)=C1C(=O)C(=O)N(CCN(C)C)[C@H]1c1ccc(C(C)C)cc1. The number of aliphatic hydroxyl groups is 1. The molecule has 0 aliphatic carbocycles. The van der Waals surface area contributed by atoms with Crippen LogP contribution in [0.3, 0.4) is 0 Å².